The molecule has 1 heterocycles. The van der Waals surface area contributed by atoms with Crippen molar-refractivity contribution >= 4 is 22.6 Å². The molecular formula is C16H19N. The van der Waals surface area contributed by atoms with Crippen molar-refractivity contribution in [1.82, 2.24) is 4.57 Å². The summed E-state index contributed by atoms with van der Waals surface area (Å²) in [7, 11) is 2.12. The summed E-state index contributed by atoms with van der Waals surface area (Å²) in [6.07, 6.45) is 4.11. The summed E-state index contributed by atoms with van der Waals surface area (Å²) < 4.78 is 2.26. The summed E-state index contributed by atoms with van der Waals surface area (Å²) in [5.41, 5.74) is 6.44. The highest BCUT2D eigenvalue weighted by atomic mass is 14.9. The van der Waals surface area contributed by atoms with Gasteiger partial charge in [-0.05, 0) is 26.3 Å². The zero-order valence-corrected chi connectivity index (χ0v) is 11.0. The summed E-state index contributed by atoms with van der Waals surface area (Å²) in [5.74, 6) is 0. The van der Waals surface area contributed by atoms with Gasteiger partial charge in [0.2, 0.25) is 0 Å². The molecule has 0 N–H and O–H groups in total. The average Bonchev–Trinajstić information content (AvgIpc) is 2.61. The zero-order valence-electron chi connectivity index (χ0n) is 11.0. The predicted octanol–water partition coefficient (Wildman–Crippen LogP) is 4.55. The first-order valence-corrected chi connectivity index (χ1v) is 5.95. The van der Waals surface area contributed by atoms with Crippen LogP contribution in [0.3, 0.4) is 0 Å². The van der Waals surface area contributed by atoms with Crippen molar-refractivity contribution in [1.29, 1.82) is 0 Å². The first-order valence-electron chi connectivity index (χ1n) is 5.95. The van der Waals surface area contributed by atoms with Gasteiger partial charge in [0.1, 0.15) is 0 Å². The van der Waals surface area contributed by atoms with Gasteiger partial charge in [0, 0.05) is 29.3 Å². The van der Waals surface area contributed by atoms with Gasteiger partial charge in [-0.15, -0.1) is 0 Å². The molecule has 0 radical (unpaired) electrons. The number of benzene rings is 1. The molecule has 0 aliphatic heterocycles. The fourth-order valence-electron chi connectivity index (χ4n) is 2.40. The van der Waals surface area contributed by atoms with Crippen LogP contribution in [-0.2, 0) is 7.05 Å². The smallest absolute Gasteiger partial charge is 0.0562 e. The molecule has 0 bridgehead atoms. The Bertz CT molecular complexity index is 612. The van der Waals surface area contributed by atoms with E-state index in [1.807, 2.05) is 6.08 Å². The van der Waals surface area contributed by atoms with Crippen molar-refractivity contribution in [3.8, 4) is 0 Å². The summed E-state index contributed by atoms with van der Waals surface area (Å²) in [4.78, 5) is 0. The SMILES string of the molecule is C=Cc1c(C)n(C)c2c(/C(C)=C/C)cccc12. The van der Waals surface area contributed by atoms with E-state index in [2.05, 4.69) is 63.2 Å². The minimum absolute atomic E-state index is 1.24. The van der Waals surface area contributed by atoms with Crippen LogP contribution in [0.25, 0.3) is 22.6 Å². The van der Waals surface area contributed by atoms with Gasteiger partial charge in [0.15, 0.2) is 0 Å². The van der Waals surface area contributed by atoms with E-state index in [4.69, 9.17) is 0 Å². The van der Waals surface area contributed by atoms with Gasteiger partial charge in [-0.2, -0.15) is 0 Å². The van der Waals surface area contributed by atoms with Crippen molar-refractivity contribution in [3.05, 3.63) is 47.7 Å². The third-order valence-electron chi connectivity index (χ3n) is 3.62. The number of aryl methyl sites for hydroxylation is 1. The maximum absolute atomic E-state index is 3.92. The molecule has 88 valence electrons. The van der Waals surface area contributed by atoms with Crippen molar-refractivity contribution in [2.75, 3.05) is 0 Å². The van der Waals surface area contributed by atoms with Crippen LogP contribution in [0.2, 0.25) is 0 Å². The van der Waals surface area contributed by atoms with Crippen LogP contribution in [-0.4, -0.2) is 4.57 Å². The molecule has 17 heavy (non-hydrogen) atoms. The lowest BCUT2D eigenvalue weighted by atomic mass is 10.0. The molecule has 2 aromatic rings. The van der Waals surface area contributed by atoms with Gasteiger partial charge in [-0.25, -0.2) is 0 Å². The fourth-order valence-corrected chi connectivity index (χ4v) is 2.40. The number of rotatable bonds is 2. The van der Waals surface area contributed by atoms with Crippen molar-refractivity contribution < 1.29 is 0 Å². The van der Waals surface area contributed by atoms with E-state index in [-0.39, 0.29) is 0 Å². The molecule has 0 spiro atoms. The normalized spacial score (nSPS) is 12.1. The van der Waals surface area contributed by atoms with E-state index in [1.165, 1.54) is 33.3 Å². The predicted molar refractivity (Wildman–Crippen MR) is 77.1 cm³/mol. The van der Waals surface area contributed by atoms with Crippen LogP contribution in [0.1, 0.15) is 30.7 Å². The van der Waals surface area contributed by atoms with E-state index in [1.54, 1.807) is 0 Å². The summed E-state index contributed by atoms with van der Waals surface area (Å²) in [5, 5.41) is 1.29. The van der Waals surface area contributed by atoms with Crippen LogP contribution >= 0.6 is 0 Å². The average molecular weight is 225 g/mol. The summed E-state index contributed by atoms with van der Waals surface area (Å²) >= 11 is 0. The highest BCUT2D eigenvalue weighted by Crippen LogP contribution is 2.31. The molecule has 2 rings (SSSR count). The van der Waals surface area contributed by atoms with Gasteiger partial charge in [0.05, 0.1) is 5.52 Å². The molecule has 0 saturated carbocycles. The molecule has 0 unspecified atom stereocenters. The maximum atomic E-state index is 3.92. The second-order valence-electron chi connectivity index (χ2n) is 4.44. The molecule has 1 aromatic heterocycles. The third-order valence-corrected chi connectivity index (χ3v) is 3.62. The Morgan fingerprint density at radius 3 is 2.65 bits per heavy atom. The minimum atomic E-state index is 1.24. The number of para-hydroxylation sites is 1. The Morgan fingerprint density at radius 1 is 1.35 bits per heavy atom. The van der Waals surface area contributed by atoms with E-state index in [9.17, 15) is 0 Å². The van der Waals surface area contributed by atoms with Gasteiger partial charge < -0.3 is 4.57 Å². The maximum Gasteiger partial charge on any atom is 0.0562 e. The van der Waals surface area contributed by atoms with E-state index in [0.717, 1.165) is 0 Å². The number of hydrogen-bond donors (Lipinski definition) is 0. The molecule has 0 aliphatic rings. The van der Waals surface area contributed by atoms with Crippen LogP contribution in [0, 0.1) is 6.92 Å². The number of fused-ring (bicyclic) bond motifs is 1. The first kappa shape index (κ1) is 11.7. The lowest BCUT2D eigenvalue weighted by molar-refractivity contribution is 0.914. The Morgan fingerprint density at radius 2 is 2.06 bits per heavy atom. The fraction of sp³-hybridized carbons (Fsp3) is 0.250. The molecule has 0 saturated heterocycles. The van der Waals surface area contributed by atoms with Crippen molar-refractivity contribution in [2.24, 2.45) is 7.05 Å². The van der Waals surface area contributed by atoms with Gasteiger partial charge >= 0.3 is 0 Å². The van der Waals surface area contributed by atoms with Gasteiger partial charge in [0.25, 0.3) is 0 Å². The first-order chi connectivity index (χ1) is 8.11. The molecule has 1 aromatic carbocycles. The largest absolute Gasteiger partial charge is 0.347 e. The Labute approximate surface area is 103 Å². The lowest BCUT2D eigenvalue weighted by Crippen LogP contribution is -1.93. The quantitative estimate of drug-likeness (QED) is 0.706. The Balaban J connectivity index is 2.95. The molecule has 0 atom stereocenters. The third kappa shape index (κ3) is 1.62. The van der Waals surface area contributed by atoms with E-state index in [0.29, 0.717) is 0 Å². The Hall–Kier alpha value is -1.76. The molecular weight excluding hydrogens is 206 g/mol. The molecule has 1 nitrogen and oxygen atoms in total. The highest BCUT2D eigenvalue weighted by molar-refractivity contribution is 5.97. The van der Waals surface area contributed by atoms with Gasteiger partial charge in [-0.1, -0.05) is 36.9 Å². The minimum Gasteiger partial charge on any atom is -0.347 e. The molecule has 0 fully saturated rings. The standard InChI is InChI=1S/C16H19N/c1-6-11(3)14-9-8-10-15-13(7-2)12(4)17(5)16(14)15/h6-10H,2H2,1,3-5H3/b11-6+. The topological polar surface area (TPSA) is 4.93 Å². The van der Waals surface area contributed by atoms with Crippen molar-refractivity contribution in [2.45, 2.75) is 20.8 Å². The molecule has 1 heteroatoms. The second-order valence-corrected chi connectivity index (χ2v) is 4.44. The van der Waals surface area contributed by atoms with Crippen molar-refractivity contribution in [3.63, 3.8) is 0 Å². The number of allylic oxidation sites excluding steroid dienone is 2. The number of aromatic nitrogens is 1. The lowest BCUT2D eigenvalue weighted by Gasteiger charge is -2.06. The van der Waals surface area contributed by atoms with Crippen LogP contribution in [0.5, 0.6) is 0 Å². The van der Waals surface area contributed by atoms with Gasteiger partial charge in [-0.3, -0.25) is 0 Å². The monoisotopic (exact) mass is 225 g/mol. The van der Waals surface area contributed by atoms with E-state index < -0.39 is 0 Å². The number of hydrogen-bond acceptors (Lipinski definition) is 0. The summed E-state index contributed by atoms with van der Waals surface area (Å²) in [6.45, 7) is 10.3. The van der Waals surface area contributed by atoms with E-state index >= 15 is 0 Å². The second kappa shape index (κ2) is 4.25. The zero-order chi connectivity index (χ0) is 12.6. The highest BCUT2D eigenvalue weighted by Gasteiger charge is 2.12. The summed E-state index contributed by atoms with van der Waals surface area (Å²) in [6, 6.07) is 6.48. The van der Waals surface area contributed by atoms with Crippen LogP contribution in [0.4, 0.5) is 0 Å². The molecule has 0 amide bonds. The Kier molecular flexibility index (Phi) is 2.93. The van der Waals surface area contributed by atoms with Crippen LogP contribution < -0.4 is 0 Å². The van der Waals surface area contributed by atoms with Crippen LogP contribution in [0.15, 0.2) is 30.9 Å². The number of nitrogens with zero attached hydrogens (tertiary/aromatic N) is 1. The molecule has 0 aliphatic carbocycles.